The van der Waals surface area contributed by atoms with Crippen molar-refractivity contribution in [3.8, 4) is 22.4 Å². The Balaban J connectivity index is 0.000000205. The third-order valence-corrected chi connectivity index (χ3v) is 24.9. The number of hydrogen-bond acceptors (Lipinski definition) is 17. The normalized spacial score (nSPS) is 14.1. The first kappa shape index (κ1) is 88.6. The minimum Gasteiger partial charge on any atom is -0.399 e. The molecule has 580 valence electrons. The molecule has 12 rings (SSSR count). The molecule has 0 aliphatic carbocycles. The van der Waals surface area contributed by atoms with E-state index < -0.39 is 32.3 Å². The molecule has 11 aromatic rings. The Morgan fingerprint density at radius 1 is 0.538 bits per heavy atom. The van der Waals surface area contributed by atoms with Crippen molar-refractivity contribution in [2.45, 2.75) is 209 Å². The van der Waals surface area contributed by atoms with Crippen molar-refractivity contribution < 1.29 is 37.7 Å². The number of aromatic nitrogens is 16. The number of hydrogen-bond donors (Lipinski definition) is 2. The first-order valence-electron chi connectivity index (χ1n) is 35.9. The number of alkyl halides is 1. The van der Waals surface area contributed by atoms with Crippen LogP contribution in [0.25, 0.3) is 66.4 Å². The van der Waals surface area contributed by atoms with Gasteiger partial charge in [-0.1, -0.05) is 133 Å². The fourth-order valence-electron chi connectivity index (χ4n) is 10.2. The first-order valence-corrected chi connectivity index (χ1v) is 52.0. The summed E-state index contributed by atoms with van der Waals surface area (Å²) in [4.78, 5) is 27.6. The third-order valence-electron chi connectivity index (χ3n) is 17.3. The van der Waals surface area contributed by atoms with E-state index in [4.69, 9.17) is 72.5 Å². The molecule has 0 spiro atoms. The van der Waals surface area contributed by atoms with Crippen LogP contribution < -0.4 is 5.46 Å². The predicted molar refractivity (Wildman–Crippen MR) is 444 cm³/mol. The van der Waals surface area contributed by atoms with Gasteiger partial charge in [0.05, 0.1) is 45.6 Å². The maximum atomic E-state index is 5.99. The van der Waals surface area contributed by atoms with E-state index in [0.29, 0.717) is 49.8 Å². The van der Waals surface area contributed by atoms with Crippen LogP contribution in [0.2, 0.25) is 113 Å². The van der Waals surface area contributed by atoms with E-state index in [1.54, 1.807) is 29.6 Å². The summed E-state index contributed by atoms with van der Waals surface area (Å²) in [6.07, 6.45) is 23.4. The van der Waals surface area contributed by atoms with Gasteiger partial charge in [-0.15, -0.1) is 0 Å². The molecule has 0 bridgehead atoms. The highest BCUT2D eigenvalue weighted by Gasteiger charge is 2.52. The number of halogens is 3. The lowest BCUT2D eigenvalue weighted by Gasteiger charge is -2.32. The van der Waals surface area contributed by atoms with Gasteiger partial charge >= 0.3 is 7.12 Å². The quantitative estimate of drug-likeness (QED) is 0.0200. The minimum absolute atomic E-state index is 0. The zero-order chi connectivity index (χ0) is 76.8. The lowest BCUT2D eigenvalue weighted by Crippen LogP contribution is -2.41. The molecule has 0 saturated carbocycles. The Morgan fingerprint density at radius 3 is 1.55 bits per heavy atom. The Bertz CT molecular complexity index is 4350. The zero-order valence-corrected chi connectivity index (χ0v) is 71.6. The van der Waals surface area contributed by atoms with Crippen LogP contribution >= 0.6 is 34.8 Å². The topological polar surface area (TPSA) is 246 Å². The lowest BCUT2D eigenvalue weighted by molar-refractivity contribution is 0.00578. The standard InChI is InChI=1S/C21H31N3O2Si.C15H21N5OSi.C13H23BN2O3.C12H18ClN3OSi.C6H4ClN3.C6H15ClOSi.CH4/c1-6-26-17(2)24-15-18(14-22-24)19-8-7-9-21-20(19)10-11-23(21)16-25-12-13-27(3,4)5;1-22(2,3)7-6-21-11-20-5-4-13-14(12-8-18-19-9-12)16-10-17-15(13)20;1-7-17-10(2)16-9-11(8-15-16)14-18-12(3,4)13(5,6)19-14;1-18(2,3)7-6-17-9-16-5-4-10-11(13)14-8-15-12(10)16;7-5-4-1-2-8-6(4)10-3-9-5;1-9(2,3)5-4-8-6-7;/h7-11,14-15,17H,6,12-13,16H2,1-5H3;4-5,8-10H,6-7,11H2,1-3H3,(H,18,19);8-10H,7H2,1-6H3;4-5,8H,6-7,9H2,1-3H3;1-3H,(H,8,9,10);4-6H2,1-3H3;1H4. The molecule has 11 heterocycles. The van der Waals surface area contributed by atoms with Crippen molar-refractivity contribution in [3.63, 3.8) is 0 Å². The number of aromatic amines is 2. The summed E-state index contributed by atoms with van der Waals surface area (Å²) < 4.78 is 55.4. The molecule has 0 radical (unpaired) electrons. The second-order valence-electron chi connectivity index (χ2n) is 31.4. The molecule has 32 heteroatoms. The number of benzene rings is 1. The Morgan fingerprint density at radius 2 is 1.02 bits per heavy atom. The average Bonchev–Trinajstić information content (AvgIpc) is 1.63. The fraction of sp³-hybridized carbons (Fsp3) is 0.527. The van der Waals surface area contributed by atoms with Crippen molar-refractivity contribution in [2.24, 2.45) is 0 Å². The molecule has 1 aliphatic heterocycles. The van der Waals surface area contributed by atoms with E-state index in [-0.39, 0.29) is 38.2 Å². The third kappa shape index (κ3) is 27.4. The van der Waals surface area contributed by atoms with Gasteiger partial charge in [-0.3, -0.25) is 5.10 Å². The van der Waals surface area contributed by atoms with E-state index in [1.165, 1.54) is 53.3 Å². The largest absolute Gasteiger partial charge is 0.498 e. The summed E-state index contributed by atoms with van der Waals surface area (Å²) in [5.41, 5.74) is 8.08. The Kier molecular flexibility index (Phi) is 34.3. The maximum Gasteiger partial charge on any atom is 0.498 e. The lowest BCUT2D eigenvalue weighted by atomic mass is 9.82. The highest BCUT2D eigenvalue weighted by Crippen LogP contribution is 2.37. The van der Waals surface area contributed by atoms with Crippen LogP contribution in [0.4, 0.5) is 0 Å². The van der Waals surface area contributed by atoms with Crippen LogP contribution in [0.1, 0.15) is 75.3 Å². The van der Waals surface area contributed by atoms with Gasteiger partial charge in [0, 0.05) is 149 Å². The van der Waals surface area contributed by atoms with Gasteiger partial charge in [-0.2, -0.15) is 15.3 Å². The SMILES string of the molecule is C.CCOC(C)n1cc(-c2cccc3c2ccn3COCC[Si](C)(C)C)cn1.CCOC(C)n1cc(B2OC(C)(C)C(C)(C)O2)cn1.C[Si](C)(C)CCOCCl.C[Si](C)(C)CCOCn1ccc2c(-c3cn[nH]c3)ncnc21.C[Si](C)(C)CCOCn1ccc2c(Cl)ncnc21.Clc1ncnc2[nH]ccc12. The monoisotopic (exact) mass is 1580 g/mol. The number of nitrogens with one attached hydrogen (secondary N) is 2. The van der Waals surface area contributed by atoms with Crippen molar-refractivity contribution >= 4 is 124 Å². The highest BCUT2D eigenvalue weighted by molar-refractivity contribution is 6.77. The minimum atomic E-state index is -1.05. The number of ether oxygens (including phenoxy) is 6. The molecule has 10 aromatic heterocycles. The van der Waals surface area contributed by atoms with Gasteiger partial charge in [-0.25, -0.2) is 39.3 Å². The second-order valence-corrected chi connectivity index (χ2v) is 54.8. The number of rotatable bonds is 28. The van der Waals surface area contributed by atoms with Gasteiger partial charge in [-0.05, 0) is 115 Å². The molecule has 0 amide bonds. The maximum absolute atomic E-state index is 5.99. The van der Waals surface area contributed by atoms with E-state index in [0.717, 1.165) is 81.8 Å². The number of H-pyrrole nitrogens is 2. The molecule has 2 atom stereocenters. The Labute approximate surface area is 646 Å². The predicted octanol–water partition coefficient (Wildman–Crippen LogP) is 18.4. The van der Waals surface area contributed by atoms with Crippen LogP contribution in [0.15, 0.2) is 123 Å². The van der Waals surface area contributed by atoms with Gasteiger partial charge in [0.1, 0.15) is 84.9 Å². The smallest absolute Gasteiger partial charge is 0.399 e. The van der Waals surface area contributed by atoms with Crippen LogP contribution in [-0.4, -0.2) is 175 Å². The van der Waals surface area contributed by atoms with Gasteiger partial charge in [0.15, 0.2) is 0 Å². The van der Waals surface area contributed by atoms with Crippen molar-refractivity contribution in [3.05, 3.63) is 134 Å². The van der Waals surface area contributed by atoms with E-state index >= 15 is 0 Å². The van der Waals surface area contributed by atoms with Crippen molar-refractivity contribution in [1.82, 2.24) is 78.3 Å². The van der Waals surface area contributed by atoms with Crippen LogP contribution in [0.5, 0.6) is 0 Å². The average molecular weight is 1590 g/mol. The highest BCUT2D eigenvalue weighted by atomic mass is 35.5. The van der Waals surface area contributed by atoms with Crippen LogP contribution in [0, 0.1) is 0 Å². The number of fused-ring (bicyclic) bond motifs is 4. The molecule has 1 aliphatic rings. The molecular weight excluding hydrogens is 1470 g/mol. The summed E-state index contributed by atoms with van der Waals surface area (Å²) in [5, 5.41) is 20.5. The van der Waals surface area contributed by atoms with E-state index in [1.807, 2.05) is 118 Å². The molecule has 1 fully saturated rings. The summed E-state index contributed by atoms with van der Waals surface area (Å²) in [7, 11) is -4.37. The molecule has 2 unspecified atom stereocenters. The Hall–Kier alpha value is -6.27. The van der Waals surface area contributed by atoms with Gasteiger partial charge in [0.25, 0.3) is 0 Å². The van der Waals surface area contributed by atoms with Crippen LogP contribution in [-0.2, 0) is 57.9 Å². The summed E-state index contributed by atoms with van der Waals surface area (Å²) in [6, 6.07) is 19.4. The van der Waals surface area contributed by atoms with Gasteiger partial charge < -0.3 is 56.4 Å². The first-order chi connectivity index (χ1) is 49.6. The van der Waals surface area contributed by atoms with Crippen molar-refractivity contribution in [1.29, 1.82) is 0 Å². The number of nitrogens with zero attached hydrogens (tertiary/aromatic N) is 14. The molecule has 2 N–H and O–H groups in total. The van der Waals surface area contributed by atoms with E-state index in [2.05, 4.69) is 175 Å². The fourth-order valence-corrected chi connectivity index (χ4v) is 13.8. The summed E-state index contributed by atoms with van der Waals surface area (Å²) >= 11 is 17.0. The summed E-state index contributed by atoms with van der Waals surface area (Å²) in [5.74, 6) is 0. The summed E-state index contributed by atoms with van der Waals surface area (Å²) in [6.45, 7) is 50.5. The van der Waals surface area contributed by atoms with Gasteiger partial charge in [0.2, 0.25) is 0 Å². The molecule has 1 saturated heterocycles. The zero-order valence-electron chi connectivity index (χ0n) is 65.3. The van der Waals surface area contributed by atoms with Crippen LogP contribution in [0.3, 0.4) is 0 Å². The van der Waals surface area contributed by atoms with E-state index in [9.17, 15) is 0 Å². The van der Waals surface area contributed by atoms with Crippen molar-refractivity contribution in [2.75, 3.05) is 45.7 Å². The molecular formula is C74H116BCl3N16O8Si4. The second kappa shape index (κ2) is 41.0. The molecule has 106 heavy (non-hydrogen) atoms. The molecule has 24 nitrogen and oxygen atoms in total. The molecule has 1 aromatic carbocycles.